The number of carbonyl (C=O) groups excluding carboxylic acids is 2. The van der Waals surface area contributed by atoms with Gasteiger partial charge in [-0.2, -0.15) is 5.10 Å². The SMILES string of the molecule is CCOc1ccc(C(=O)N/N=C\c2cc(C)n(-c3ccc(C(=O)OC(C)C)cc3)c2C)cc1. The number of rotatable bonds is 8. The summed E-state index contributed by atoms with van der Waals surface area (Å²) >= 11 is 0. The molecular formula is C26H29N3O4. The Morgan fingerprint density at radius 2 is 1.67 bits per heavy atom. The molecule has 1 N–H and O–H groups in total. The Hall–Kier alpha value is -3.87. The number of hydrogen-bond donors (Lipinski definition) is 1. The summed E-state index contributed by atoms with van der Waals surface area (Å²) in [6.45, 7) is 10.1. The van der Waals surface area contributed by atoms with E-state index in [-0.39, 0.29) is 18.0 Å². The lowest BCUT2D eigenvalue weighted by Crippen LogP contribution is -2.17. The van der Waals surface area contributed by atoms with E-state index in [1.54, 1.807) is 42.6 Å². The fourth-order valence-electron chi connectivity index (χ4n) is 3.44. The number of nitrogens with zero attached hydrogens (tertiary/aromatic N) is 2. The number of aromatic nitrogens is 1. The molecule has 172 valence electrons. The van der Waals surface area contributed by atoms with E-state index >= 15 is 0 Å². The average molecular weight is 448 g/mol. The van der Waals surface area contributed by atoms with E-state index in [9.17, 15) is 9.59 Å². The highest BCUT2D eigenvalue weighted by molar-refractivity contribution is 5.95. The number of nitrogens with one attached hydrogen (secondary N) is 1. The molecule has 0 saturated carbocycles. The minimum Gasteiger partial charge on any atom is -0.494 e. The zero-order valence-electron chi connectivity index (χ0n) is 19.6. The summed E-state index contributed by atoms with van der Waals surface area (Å²) in [4.78, 5) is 24.4. The molecule has 3 aromatic rings. The second-order valence-electron chi connectivity index (χ2n) is 7.82. The van der Waals surface area contributed by atoms with Crippen LogP contribution in [0.15, 0.2) is 59.7 Å². The van der Waals surface area contributed by atoms with Crippen LogP contribution in [0, 0.1) is 13.8 Å². The molecule has 0 aliphatic heterocycles. The van der Waals surface area contributed by atoms with Gasteiger partial charge in [0.05, 0.1) is 24.5 Å². The highest BCUT2D eigenvalue weighted by Gasteiger charge is 2.13. The molecule has 2 aromatic carbocycles. The number of carbonyl (C=O) groups is 2. The molecule has 0 unspecified atom stereocenters. The van der Waals surface area contributed by atoms with Crippen molar-refractivity contribution in [2.75, 3.05) is 6.61 Å². The van der Waals surface area contributed by atoms with Gasteiger partial charge in [-0.25, -0.2) is 10.2 Å². The van der Waals surface area contributed by atoms with Crippen molar-refractivity contribution >= 4 is 18.1 Å². The number of amides is 1. The average Bonchev–Trinajstić information content (AvgIpc) is 3.07. The number of hydrazone groups is 1. The third kappa shape index (κ3) is 5.88. The van der Waals surface area contributed by atoms with E-state index in [0.717, 1.165) is 28.4 Å². The van der Waals surface area contributed by atoms with Gasteiger partial charge < -0.3 is 14.0 Å². The van der Waals surface area contributed by atoms with Gasteiger partial charge in [-0.3, -0.25) is 4.79 Å². The first-order chi connectivity index (χ1) is 15.8. The zero-order valence-corrected chi connectivity index (χ0v) is 19.6. The summed E-state index contributed by atoms with van der Waals surface area (Å²) in [6, 6.07) is 16.2. The smallest absolute Gasteiger partial charge is 0.338 e. The molecule has 0 fully saturated rings. The minimum atomic E-state index is -0.339. The Morgan fingerprint density at radius 1 is 1.03 bits per heavy atom. The number of esters is 1. The zero-order chi connectivity index (χ0) is 24.0. The lowest BCUT2D eigenvalue weighted by atomic mass is 10.2. The van der Waals surface area contributed by atoms with Gasteiger partial charge in [0, 0.05) is 28.2 Å². The second-order valence-corrected chi connectivity index (χ2v) is 7.82. The Morgan fingerprint density at radius 3 is 2.27 bits per heavy atom. The van der Waals surface area contributed by atoms with Crippen LogP contribution in [0.1, 0.15) is 58.4 Å². The minimum absolute atomic E-state index is 0.164. The van der Waals surface area contributed by atoms with Crippen LogP contribution in [0.5, 0.6) is 5.75 Å². The summed E-state index contributed by atoms with van der Waals surface area (Å²) < 4.78 is 12.7. The topological polar surface area (TPSA) is 81.9 Å². The van der Waals surface area contributed by atoms with Gasteiger partial charge in [0.1, 0.15) is 5.75 Å². The molecule has 0 aliphatic rings. The van der Waals surface area contributed by atoms with Gasteiger partial charge in [-0.05, 0) is 89.2 Å². The molecule has 0 aliphatic carbocycles. The van der Waals surface area contributed by atoms with Crippen molar-refractivity contribution in [1.29, 1.82) is 0 Å². The highest BCUT2D eigenvalue weighted by Crippen LogP contribution is 2.20. The Labute approximate surface area is 194 Å². The summed E-state index contributed by atoms with van der Waals surface area (Å²) in [5.41, 5.74) is 7.33. The fraction of sp³-hybridized carbons (Fsp3) is 0.269. The maximum atomic E-state index is 12.3. The van der Waals surface area contributed by atoms with Crippen LogP contribution in [0.25, 0.3) is 5.69 Å². The van der Waals surface area contributed by atoms with Crippen molar-refractivity contribution in [2.45, 2.75) is 40.7 Å². The van der Waals surface area contributed by atoms with E-state index in [4.69, 9.17) is 9.47 Å². The third-order valence-electron chi connectivity index (χ3n) is 4.97. The summed E-state index contributed by atoms with van der Waals surface area (Å²) in [5, 5.41) is 4.12. The monoisotopic (exact) mass is 447 g/mol. The van der Waals surface area contributed by atoms with Crippen molar-refractivity contribution in [3.05, 3.63) is 82.7 Å². The lowest BCUT2D eigenvalue weighted by molar-refractivity contribution is 0.0378. The standard InChI is InChI=1S/C26H29N3O4/c1-6-32-24-13-9-20(10-14-24)25(30)28-27-16-22-15-18(4)29(19(22)5)23-11-7-21(8-12-23)26(31)33-17(2)3/h7-17H,6H2,1-5H3,(H,28,30)/b27-16-. The van der Waals surface area contributed by atoms with Gasteiger partial charge in [-0.15, -0.1) is 0 Å². The lowest BCUT2D eigenvalue weighted by Gasteiger charge is -2.11. The first-order valence-electron chi connectivity index (χ1n) is 10.9. The second kappa shape index (κ2) is 10.6. The molecule has 1 aromatic heterocycles. The van der Waals surface area contributed by atoms with Crippen LogP contribution < -0.4 is 10.2 Å². The van der Waals surface area contributed by atoms with E-state index in [1.807, 2.05) is 52.8 Å². The predicted octanol–water partition coefficient (Wildman–Crippen LogP) is 4.82. The summed E-state index contributed by atoms with van der Waals surface area (Å²) in [5.74, 6) is 0.0791. The molecule has 3 rings (SSSR count). The number of ether oxygens (including phenoxy) is 2. The normalized spacial score (nSPS) is 11.1. The number of aryl methyl sites for hydroxylation is 1. The first-order valence-corrected chi connectivity index (χ1v) is 10.9. The molecular weight excluding hydrogens is 418 g/mol. The molecule has 7 nitrogen and oxygen atoms in total. The summed E-state index contributed by atoms with van der Waals surface area (Å²) in [7, 11) is 0. The summed E-state index contributed by atoms with van der Waals surface area (Å²) in [6.07, 6.45) is 1.46. The van der Waals surface area contributed by atoms with Gasteiger partial charge in [0.15, 0.2) is 0 Å². The predicted molar refractivity (Wildman–Crippen MR) is 128 cm³/mol. The van der Waals surface area contributed by atoms with Crippen LogP contribution in [-0.4, -0.2) is 35.4 Å². The highest BCUT2D eigenvalue weighted by atomic mass is 16.5. The molecule has 1 heterocycles. The van der Waals surface area contributed by atoms with Crippen LogP contribution >= 0.6 is 0 Å². The van der Waals surface area contributed by atoms with E-state index in [1.165, 1.54) is 0 Å². The van der Waals surface area contributed by atoms with Crippen LogP contribution in [0.3, 0.4) is 0 Å². The molecule has 7 heteroatoms. The van der Waals surface area contributed by atoms with Crippen molar-refractivity contribution in [3.8, 4) is 11.4 Å². The van der Waals surface area contributed by atoms with E-state index in [2.05, 4.69) is 15.1 Å². The van der Waals surface area contributed by atoms with Gasteiger partial charge >= 0.3 is 5.97 Å². The molecule has 33 heavy (non-hydrogen) atoms. The van der Waals surface area contributed by atoms with Crippen LogP contribution in [0.4, 0.5) is 0 Å². The molecule has 0 spiro atoms. The first kappa shape index (κ1) is 23.8. The largest absolute Gasteiger partial charge is 0.494 e. The van der Waals surface area contributed by atoms with Gasteiger partial charge in [0.25, 0.3) is 5.91 Å². The third-order valence-corrected chi connectivity index (χ3v) is 4.97. The van der Waals surface area contributed by atoms with Gasteiger partial charge in [-0.1, -0.05) is 0 Å². The maximum absolute atomic E-state index is 12.3. The fourth-order valence-corrected chi connectivity index (χ4v) is 3.44. The molecule has 0 bridgehead atoms. The van der Waals surface area contributed by atoms with Crippen LogP contribution in [0.2, 0.25) is 0 Å². The van der Waals surface area contributed by atoms with Crippen LogP contribution in [-0.2, 0) is 4.74 Å². The number of hydrogen-bond acceptors (Lipinski definition) is 5. The Balaban J connectivity index is 1.70. The van der Waals surface area contributed by atoms with Crippen molar-refractivity contribution in [3.63, 3.8) is 0 Å². The van der Waals surface area contributed by atoms with Crippen molar-refractivity contribution < 1.29 is 19.1 Å². The molecule has 1 amide bonds. The quantitative estimate of drug-likeness (QED) is 0.305. The number of benzene rings is 2. The van der Waals surface area contributed by atoms with E-state index in [0.29, 0.717) is 17.7 Å². The molecule has 0 radical (unpaired) electrons. The molecule has 0 atom stereocenters. The maximum Gasteiger partial charge on any atom is 0.338 e. The van der Waals surface area contributed by atoms with Gasteiger partial charge in [0.2, 0.25) is 0 Å². The van der Waals surface area contributed by atoms with E-state index < -0.39 is 0 Å². The Kier molecular flexibility index (Phi) is 7.66. The van der Waals surface area contributed by atoms with Crippen molar-refractivity contribution in [2.24, 2.45) is 5.10 Å². The van der Waals surface area contributed by atoms with Crippen molar-refractivity contribution in [1.82, 2.24) is 9.99 Å². The molecule has 0 saturated heterocycles. The Bertz CT molecular complexity index is 1140.